The molecule has 1 atom stereocenters. The average Bonchev–Trinajstić information content (AvgIpc) is 2.67. The highest BCUT2D eigenvalue weighted by Gasteiger charge is 2.30. The SMILES string of the molecule is CC(C)CN(CC(C)(C)C)[C@H](CN)C(=O)Nc1ccc(N2CCOCC2=O)c(C(F)F)c1. The van der Waals surface area contributed by atoms with E-state index in [1.165, 1.54) is 23.1 Å². The van der Waals surface area contributed by atoms with E-state index in [4.69, 9.17) is 10.5 Å². The summed E-state index contributed by atoms with van der Waals surface area (Å²) in [7, 11) is 0. The first kappa shape index (κ1) is 26.2. The zero-order chi connectivity index (χ0) is 24.1. The third-order valence-electron chi connectivity index (χ3n) is 5.05. The number of anilines is 2. The molecule has 9 heteroatoms. The van der Waals surface area contributed by atoms with Crippen molar-refractivity contribution in [2.45, 2.75) is 47.1 Å². The summed E-state index contributed by atoms with van der Waals surface area (Å²) in [6.45, 7) is 12.2. The normalized spacial score (nSPS) is 16.2. The minimum Gasteiger partial charge on any atom is -0.370 e. The van der Waals surface area contributed by atoms with E-state index in [1.54, 1.807) is 0 Å². The molecule has 1 heterocycles. The van der Waals surface area contributed by atoms with Gasteiger partial charge >= 0.3 is 0 Å². The second-order valence-electron chi connectivity index (χ2n) is 9.80. The van der Waals surface area contributed by atoms with E-state index >= 15 is 0 Å². The Labute approximate surface area is 189 Å². The molecule has 1 aromatic rings. The number of carbonyl (C=O) groups is 2. The van der Waals surface area contributed by atoms with Crippen LogP contribution in [0.3, 0.4) is 0 Å². The Bertz CT molecular complexity index is 796. The molecule has 7 nitrogen and oxygen atoms in total. The predicted octanol–water partition coefficient (Wildman–Crippen LogP) is 3.26. The molecule has 0 radical (unpaired) electrons. The summed E-state index contributed by atoms with van der Waals surface area (Å²) < 4.78 is 32.7. The quantitative estimate of drug-likeness (QED) is 0.598. The maximum Gasteiger partial charge on any atom is 0.265 e. The number of nitrogens with one attached hydrogen (secondary N) is 1. The Morgan fingerprint density at radius 3 is 2.53 bits per heavy atom. The first-order chi connectivity index (χ1) is 14.9. The van der Waals surface area contributed by atoms with Gasteiger partial charge in [-0.15, -0.1) is 0 Å². The maximum atomic E-state index is 13.8. The third-order valence-corrected chi connectivity index (χ3v) is 5.05. The molecule has 0 saturated carbocycles. The molecular formula is C23H36F2N4O3. The molecule has 1 saturated heterocycles. The van der Waals surface area contributed by atoms with E-state index in [0.29, 0.717) is 19.0 Å². The van der Waals surface area contributed by atoms with Crippen LogP contribution in [0.15, 0.2) is 18.2 Å². The summed E-state index contributed by atoms with van der Waals surface area (Å²) in [5.41, 5.74) is 5.99. The van der Waals surface area contributed by atoms with Gasteiger partial charge in [0.15, 0.2) is 0 Å². The fourth-order valence-electron chi connectivity index (χ4n) is 3.85. The highest BCUT2D eigenvalue weighted by Crippen LogP contribution is 2.33. The molecule has 1 aromatic carbocycles. The smallest absolute Gasteiger partial charge is 0.265 e. The monoisotopic (exact) mass is 454 g/mol. The summed E-state index contributed by atoms with van der Waals surface area (Å²) in [6.07, 6.45) is -2.80. The number of hydrogen-bond acceptors (Lipinski definition) is 5. The van der Waals surface area contributed by atoms with E-state index in [0.717, 1.165) is 0 Å². The molecule has 1 fully saturated rings. The van der Waals surface area contributed by atoms with E-state index < -0.39 is 12.5 Å². The van der Waals surface area contributed by atoms with Crippen molar-refractivity contribution in [2.24, 2.45) is 17.1 Å². The van der Waals surface area contributed by atoms with E-state index in [1.807, 2.05) is 0 Å². The van der Waals surface area contributed by atoms with Gasteiger partial charge in [-0.05, 0) is 29.5 Å². The Morgan fingerprint density at radius 2 is 2.00 bits per heavy atom. The number of nitrogens with two attached hydrogens (primary N) is 1. The van der Waals surface area contributed by atoms with Crippen LogP contribution < -0.4 is 16.0 Å². The van der Waals surface area contributed by atoms with E-state index in [-0.39, 0.29) is 60.5 Å². The Hall–Kier alpha value is -2.10. The van der Waals surface area contributed by atoms with Crippen molar-refractivity contribution >= 4 is 23.2 Å². The van der Waals surface area contributed by atoms with Gasteiger partial charge in [0.2, 0.25) is 5.91 Å². The standard InChI is InChI=1S/C23H36F2N4O3/c1-15(2)12-28(14-23(3,4)5)19(11-26)22(31)27-16-6-7-18(17(10-16)21(24)25)29-8-9-32-13-20(29)30/h6-7,10,15,19,21H,8-9,11-14,26H2,1-5H3,(H,27,31)/t19-/m1/s1. The second-order valence-corrected chi connectivity index (χ2v) is 9.80. The molecule has 1 aliphatic rings. The number of benzene rings is 1. The van der Waals surface area contributed by atoms with Crippen LogP contribution in [0.25, 0.3) is 0 Å². The lowest BCUT2D eigenvalue weighted by Gasteiger charge is -2.36. The lowest BCUT2D eigenvalue weighted by Crippen LogP contribution is -2.52. The number of alkyl halides is 2. The van der Waals surface area contributed by atoms with Gasteiger partial charge in [-0.1, -0.05) is 34.6 Å². The lowest BCUT2D eigenvalue weighted by molar-refractivity contribution is -0.125. The molecule has 1 aliphatic heterocycles. The third kappa shape index (κ3) is 7.21. The van der Waals surface area contributed by atoms with Crippen molar-refractivity contribution in [3.05, 3.63) is 23.8 Å². The van der Waals surface area contributed by atoms with Crippen LogP contribution >= 0.6 is 0 Å². The summed E-state index contributed by atoms with van der Waals surface area (Å²) in [5.74, 6) is -0.382. The van der Waals surface area contributed by atoms with Gasteiger partial charge < -0.3 is 20.7 Å². The van der Waals surface area contributed by atoms with Gasteiger partial charge in [-0.2, -0.15) is 0 Å². The van der Waals surface area contributed by atoms with Crippen molar-refractivity contribution in [1.82, 2.24) is 4.90 Å². The molecule has 180 valence electrons. The Kier molecular flexibility index (Phi) is 9.12. The van der Waals surface area contributed by atoms with Crippen LogP contribution in [-0.2, 0) is 14.3 Å². The molecule has 2 rings (SSSR count). The van der Waals surface area contributed by atoms with Gasteiger partial charge in [0.25, 0.3) is 12.3 Å². The van der Waals surface area contributed by atoms with E-state index in [2.05, 4.69) is 44.8 Å². The molecule has 0 aromatic heterocycles. The molecule has 0 bridgehead atoms. The summed E-state index contributed by atoms with van der Waals surface area (Å²) in [6, 6.07) is 3.61. The van der Waals surface area contributed by atoms with Crippen molar-refractivity contribution in [3.63, 3.8) is 0 Å². The topological polar surface area (TPSA) is 87.9 Å². The first-order valence-corrected chi connectivity index (χ1v) is 11.0. The molecule has 0 unspecified atom stereocenters. The first-order valence-electron chi connectivity index (χ1n) is 11.0. The van der Waals surface area contributed by atoms with Crippen LogP contribution in [0.2, 0.25) is 0 Å². The molecular weight excluding hydrogens is 418 g/mol. The van der Waals surface area contributed by atoms with E-state index in [9.17, 15) is 18.4 Å². The zero-order valence-corrected chi connectivity index (χ0v) is 19.7. The summed E-state index contributed by atoms with van der Waals surface area (Å²) in [4.78, 5) is 28.5. The largest absolute Gasteiger partial charge is 0.370 e. The highest BCUT2D eigenvalue weighted by atomic mass is 19.3. The number of carbonyl (C=O) groups excluding carboxylic acids is 2. The number of ether oxygens (including phenoxy) is 1. The van der Waals surface area contributed by atoms with Crippen LogP contribution in [0, 0.1) is 11.3 Å². The summed E-state index contributed by atoms with van der Waals surface area (Å²) in [5, 5.41) is 2.75. The summed E-state index contributed by atoms with van der Waals surface area (Å²) >= 11 is 0. The number of hydrogen-bond donors (Lipinski definition) is 2. The molecule has 2 amide bonds. The average molecular weight is 455 g/mol. The number of amides is 2. The Balaban J connectivity index is 2.26. The van der Waals surface area contributed by atoms with Crippen LogP contribution in [0.1, 0.15) is 46.6 Å². The van der Waals surface area contributed by atoms with Gasteiger partial charge in [-0.3, -0.25) is 14.5 Å². The lowest BCUT2D eigenvalue weighted by atomic mass is 9.94. The Morgan fingerprint density at radius 1 is 1.31 bits per heavy atom. The van der Waals surface area contributed by atoms with Crippen molar-refractivity contribution < 1.29 is 23.1 Å². The van der Waals surface area contributed by atoms with Crippen LogP contribution in [0.4, 0.5) is 20.2 Å². The van der Waals surface area contributed by atoms with Crippen molar-refractivity contribution in [2.75, 3.05) is 49.6 Å². The van der Waals surface area contributed by atoms with Crippen molar-refractivity contribution in [1.29, 1.82) is 0 Å². The number of nitrogens with zero attached hydrogens (tertiary/aromatic N) is 2. The minimum absolute atomic E-state index is 0.0439. The molecule has 0 spiro atoms. The van der Waals surface area contributed by atoms with Gasteiger partial charge in [-0.25, -0.2) is 8.78 Å². The maximum absolute atomic E-state index is 13.8. The number of rotatable bonds is 9. The van der Waals surface area contributed by atoms with Crippen LogP contribution in [-0.4, -0.2) is 62.1 Å². The van der Waals surface area contributed by atoms with Gasteiger partial charge in [0.1, 0.15) is 12.6 Å². The van der Waals surface area contributed by atoms with Crippen molar-refractivity contribution in [3.8, 4) is 0 Å². The number of halogens is 2. The molecule has 0 aliphatic carbocycles. The van der Waals surface area contributed by atoms with Crippen LogP contribution in [0.5, 0.6) is 0 Å². The van der Waals surface area contributed by atoms with Gasteiger partial charge in [0.05, 0.1) is 12.3 Å². The zero-order valence-electron chi connectivity index (χ0n) is 19.7. The molecule has 32 heavy (non-hydrogen) atoms. The fourth-order valence-corrected chi connectivity index (χ4v) is 3.85. The van der Waals surface area contributed by atoms with Gasteiger partial charge in [0, 0.05) is 37.4 Å². The minimum atomic E-state index is -2.80. The number of morpholine rings is 1. The molecule has 3 N–H and O–H groups in total. The second kappa shape index (κ2) is 11.2. The predicted molar refractivity (Wildman–Crippen MR) is 122 cm³/mol. The highest BCUT2D eigenvalue weighted by molar-refractivity contribution is 5.97. The fraction of sp³-hybridized carbons (Fsp3) is 0.652.